The van der Waals surface area contributed by atoms with Crippen LogP contribution in [0.4, 0.5) is 5.82 Å². The molecule has 160 valence electrons. The van der Waals surface area contributed by atoms with Crippen molar-refractivity contribution in [2.45, 2.75) is 38.5 Å². The maximum absolute atomic E-state index is 13.2. The van der Waals surface area contributed by atoms with E-state index in [0.717, 1.165) is 29.3 Å². The summed E-state index contributed by atoms with van der Waals surface area (Å²) in [5.74, 6) is -0.372. The zero-order valence-corrected chi connectivity index (χ0v) is 19.0. The van der Waals surface area contributed by atoms with Crippen molar-refractivity contribution in [2.24, 2.45) is 0 Å². The van der Waals surface area contributed by atoms with E-state index in [4.69, 9.17) is 16.3 Å². The smallest absolute Gasteiger partial charge is 0.326 e. The number of halogens is 2. The molecule has 3 aromatic rings. The summed E-state index contributed by atoms with van der Waals surface area (Å²) in [6.07, 6.45) is 3.07. The fraction of sp³-hybridized carbons (Fsp3) is 0.261. The van der Waals surface area contributed by atoms with E-state index in [-0.39, 0.29) is 30.2 Å². The van der Waals surface area contributed by atoms with Crippen LogP contribution in [0.3, 0.4) is 0 Å². The summed E-state index contributed by atoms with van der Waals surface area (Å²) in [6.45, 7) is -0.137. The van der Waals surface area contributed by atoms with Crippen molar-refractivity contribution < 1.29 is 9.53 Å². The van der Waals surface area contributed by atoms with E-state index >= 15 is 0 Å². The predicted octanol–water partition coefficient (Wildman–Crippen LogP) is 5.03. The van der Waals surface area contributed by atoms with Crippen molar-refractivity contribution in [3.8, 4) is 11.3 Å². The van der Waals surface area contributed by atoms with Crippen molar-refractivity contribution >= 4 is 39.3 Å². The molecule has 6 nitrogen and oxygen atoms in total. The average Bonchev–Trinajstić information content (AvgIpc) is 2.73. The summed E-state index contributed by atoms with van der Waals surface area (Å²) < 4.78 is 7.56. The Labute approximate surface area is 193 Å². The molecule has 4 rings (SSSR count). The first-order valence-electron chi connectivity index (χ1n) is 10.0. The number of hydrogen-bond acceptors (Lipinski definition) is 5. The summed E-state index contributed by atoms with van der Waals surface area (Å²) in [5.41, 5.74) is 1.53. The van der Waals surface area contributed by atoms with E-state index < -0.39 is 11.5 Å². The van der Waals surface area contributed by atoms with Crippen molar-refractivity contribution in [1.82, 2.24) is 9.55 Å². The van der Waals surface area contributed by atoms with Crippen LogP contribution >= 0.6 is 27.5 Å². The molecule has 0 saturated heterocycles. The minimum Gasteiger partial charge on any atom is -0.459 e. The zero-order chi connectivity index (χ0) is 21.8. The monoisotopic (exact) mass is 501 g/mol. The number of ether oxygens (including phenoxy) is 1. The second-order valence-electron chi connectivity index (χ2n) is 7.42. The molecule has 0 amide bonds. The van der Waals surface area contributed by atoms with Crippen LogP contribution in [0.1, 0.15) is 24.8 Å². The molecule has 1 aliphatic carbocycles. The number of hydrogen-bond donors (Lipinski definition) is 1. The minimum absolute atomic E-state index is 0.132. The molecule has 1 N–H and O–H groups in total. The van der Waals surface area contributed by atoms with Crippen LogP contribution in [-0.2, 0) is 22.7 Å². The topological polar surface area (TPSA) is 73.2 Å². The van der Waals surface area contributed by atoms with Crippen LogP contribution in [0.2, 0.25) is 5.15 Å². The van der Waals surface area contributed by atoms with E-state index in [1.54, 1.807) is 0 Å². The van der Waals surface area contributed by atoms with Crippen LogP contribution < -0.4 is 10.9 Å². The zero-order valence-electron chi connectivity index (χ0n) is 16.7. The first-order valence-corrected chi connectivity index (χ1v) is 11.2. The van der Waals surface area contributed by atoms with Gasteiger partial charge in [0.15, 0.2) is 11.0 Å². The van der Waals surface area contributed by atoms with E-state index in [1.807, 2.05) is 54.6 Å². The highest BCUT2D eigenvalue weighted by Crippen LogP contribution is 2.29. The Hall–Kier alpha value is -2.64. The van der Waals surface area contributed by atoms with Crippen LogP contribution in [0.5, 0.6) is 0 Å². The van der Waals surface area contributed by atoms with E-state index in [1.165, 1.54) is 4.57 Å². The Morgan fingerprint density at radius 1 is 1.19 bits per heavy atom. The summed E-state index contributed by atoms with van der Waals surface area (Å²) in [7, 11) is 0. The number of carbonyl (C=O) groups excluding carboxylic acids is 1. The van der Waals surface area contributed by atoms with Gasteiger partial charge in [0.05, 0.1) is 5.69 Å². The van der Waals surface area contributed by atoms with Crippen molar-refractivity contribution in [3.63, 3.8) is 0 Å². The molecule has 1 heterocycles. The molecule has 1 aromatic heterocycles. The van der Waals surface area contributed by atoms with Gasteiger partial charge in [-0.05, 0) is 37.0 Å². The number of nitrogens with zero attached hydrogens (tertiary/aromatic N) is 2. The van der Waals surface area contributed by atoms with Gasteiger partial charge in [0.1, 0.15) is 13.2 Å². The SMILES string of the molecule is O=C(Cn1c(-c2cccc(Br)c2)c(Cl)nc(NC2CCC2)c1=O)OCc1ccccc1. The summed E-state index contributed by atoms with van der Waals surface area (Å²) in [6, 6.07) is 16.9. The third-order valence-electron chi connectivity index (χ3n) is 5.20. The molecule has 2 aromatic carbocycles. The number of rotatable bonds is 7. The first kappa shape index (κ1) is 21.6. The molecule has 1 saturated carbocycles. The fourth-order valence-electron chi connectivity index (χ4n) is 3.35. The predicted molar refractivity (Wildman–Crippen MR) is 124 cm³/mol. The third-order valence-corrected chi connectivity index (χ3v) is 5.95. The van der Waals surface area contributed by atoms with Gasteiger partial charge in [-0.2, -0.15) is 0 Å². The van der Waals surface area contributed by atoms with Gasteiger partial charge < -0.3 is 10.1 Å². The van der Waals surface area contributed by atoms with Gasteiger partial charge in [-0.15, -0.1) is 0 Å². The maximum atomic E-state index is 13.2. The molecule has 0 bridgehead atoms. The Balaban J connectivity index is 1.66. The van der Waals surface area contributed by atoms with Gasteiger partial charge in [0.25, 0.3) is 5.56 Å². The standard InChI is InChI=1S/C23H21BrClN3O3/c24-17-9-4-8-16(12-17)20-21(25)27-22(26-18-10-5-11-18)23(30)28(20)13-19(29)31-14-15-6-2-1-3-7-15/h1-4,6-9,12,18H,5,10-11,13-14H2,(H,26,27). The van der Waals surface area contributed by atoms with Crippen molar-refractivity contribution in [2.75, 3.05) is 5.32 Å². The highest BCUT2D eigenvalue weighted by Gasteiger charge is 2.23. The Bertz CT molecular complexity index is 1150. The van der Waals surface area contributed by atoms with Crippen LogP contribution in [0.15, 0.2) is 63.9 Å². The van der Waals surface area contributed by atoms with Crippen molar-refractivity contribution in [3.05, 3.63) is 80.1 Å². The van der Waals surface area contributed by atoms with Gasteiger partial charge in [-0.25, -0.2) is 4.98 Å². The molecule has 0 aliphatic heterocycles. The van der Waals surface area contributed by atoms with Gasteiger partial charge in [0, 0.05) is 16.1 Å². The lowest BCUT2D eigenvalue weighted by atomic mass is 9.93. The number of aromatic nitrogens is 2. The number of carbonyl (C=O) groups is 1. The minimum atomic E-state index is -0.529. The molecule has 31 heavy (non-hydrogen) atoms. The van der Waals surface area contributed by atoms with Gasteiger partial charge in [-0.3, -0.25) is 14.2 Å². The molecular weight excluding hydrogens is 482 g/mol. The highest BCUT2D eigenvalue weighted by atomic mass is 79.9. The van der Waals surface area contributed by atoms with Gasteiger partial charge >= 0.3 is 5.97 Å². The Kier molecular flexibility index (Phi) is 6.73. The maximum Gasteiger partial charge on any atom is 0.326 e. The van der Waals surface area contributed by atoms with E-state index in [0.29, 0.717) is 11.3 Å². The van der Waals surface area contributed by atoms with Crippen LogP contribution in [-0.4, -0.2) is 21.6 Å². The van der Waals surface area contributed by atoms with Gasteiger partial charge in [-0.1, -0.05) is 70.0 Å². The lowest BCUT2D eigenvalue weighted by Gasteiger charge is -2.27. The lowest BCUT2D eigenvalue weighted by molar-refractivity contribution is -0.145. The molecule has 0 spiro atoms. The number of benzene rings is 2. The third kappa shape index (κ3) is 5.17. The lowest BCUT2D eigenvalue weighted by Crippen LogP contribution is -2.35. The van der Waals surface area contributed by atoms with Crippen LogP contribution in [0, 0.1) is 0 Å². The first-order chi connectivity index (χ1) is 15.0. The highest BCUT2D eigenvalue weighted by molar-refractivity contribution is 9.10. The second kappa shape index (κ2) is 9.66. The second-order valence-corrected chi connectivity index (χ2v) is 8.69. The Morgan fingerprint density at radius 3 is 2.65 bits per heavy atom. The Morgan fingerprint density at radius 2 is 1.97 bits per heavy atom. The molecule has 8 heteroatoms. The number of anilines is 1. The van der Waals surface area contributed by atoms with E-state index in [9.17, 15) is 9.59 Å². The molecule has 1 aliphatic rings. The molecule has 0 radical (unpaired) electrons. The van der Waals surface area contributed by atoms with E-state index in [2.05, 4.69) is 26.2 Å². The molecule has 1 fully saturated rings. The quantitative estimate of drug-likeness (QED) is 0.459. The summed E-state index contributed by atoms with van der Waals surface area (Å²) in [5, 5.41) is 3.31. The summed E-state index contributed by atoms with van der Waals surface area (Å²) in [4.78, 5) is 30.2. The van der Waals surface area contributed by atoms with Gasteiger partial charge in [0.2, 0.25) is 0 Å². The molecule has 0 atom stereocenters. The molecule has 0 unspecified atom stereocenters. The van der Waals surface area contributed by atoms with Crippen molar-refractivity contribution in [1.29, 1.82) is 0 Å². The fourth-order valence-corrected chi connectivity index (χ4v) is 4.05. The average molecular weight is 503 g/mol. The molecular formula is C23H21BrClN3O3. The number of nitrogens with one attached hydrogen (secondary N) is 1. The number of esters is 1. The normalized spacial score (nSPS) is 13.5. The largest absolute Gasteiger partial charge is 0.459 e. The summed E-state index contributed by atoms with van der Waals surface area (Å²) >= 11 is 9.95. The van der Waals surface area contributed by atoms with Crippen LogP contribution in [0.25, 0.3) is 11.3 Å².